The zero-order valence-corrected chi connectivity index (χ0v) is 14.8. The highest BCUT2D eigenvalue weighted by molar-refractivity contribution is 14.1. The molecular formula is C13H19IN2O4S. The topological polar surface area (TPSA) is 98.3 Å². The molecule has 0 amide bonds. The van der Waals surface area contributed by atoms with Crippen LogP contribution in [0.2, 0.25) is 0 Å². The van der Waals surface area contributed by atoms with Gasteiger partial charge >= 0.3 is 5.69 Å². The number of nitrogens with one attached hydrogen (secondary N) is 2. The molecule has 2 rings (SSSR count). The monoisotopic (exact) mass is 426 g/mol. The molecule has 2 heterocycles. The van der Waals surface area contributed by atoms with Gasteiger partial charge in [-0.05, 0) is 12.8 Å². The summed E-state index contributed by atoms with van der Waals surface area (Å²) in [5.41, 5.74) is 0.0597. The van der Waals surface area contributed by atoms with E-state index in [0.29, 0.717) is 12.0 Å². The number of halogens is 1. The molecule has 0 aliphatic carbocycles. The summed E-state index contributed by atoms with van der Waals surface area (Å²) in [7, 11) is 0. The maximum absolute atomic E-state index is 11.2. The molecular weight excluding hydrogens is 407 g/mol. The van der Waals surface area contributed by atoms with Crippen molar-refractivity contribution in [3.63, 3.8) is 0 Å². The van der Waals surface area contributed by atoms with Crippen LogP contribution in [0, 0.1) is 4.64 Å². The van der Waals surface area contributed by atoms with E-state index >= 15 is 0 Å². The van der Waals surface area contributed by atoms with Crippen LogP contribution in [0.1, 0.15) is 38.4 Å². The average Bonchev–Trinajstić information content (AvgIpc) is 2.67. The van der Waals surface area contributed by atoms with E-state index in [4.69, 9.17) is 17.0 Å². The number of ether oxygens (including phenoxy) is 1. The maximum Gasteiger partial charge on any atom is 0.323 e. The van der Waals surface area contributed by atoms with Crippen LogP contribution in [0.5, 0.6) is 0 Å². The minimum Gasteiger partial charge on any atom is -0.388 e. The minimum atomic E-state index is -1.07. The predicted octanol–water partition coefficient (Wildman–Crippen LogP) is 1.59. The molecule has 0 aromatic carbocycles. The largest absolute Gasteiger partial charge is 0.388 e. The van der Waals surface area contributed by atoms with Crippen molar-refractivity contribution in [2.75, 3.05) is 0 Å². The molecule has 1 saturated heterocycles. The van der Waals surface area contributed by atoms with Crippen LogP contribution in [0.4, 0.5) is 0 Å². The molecule has 1 aliphatic rings. The van der Waals surface area contributed by atoms with Crippen molar-refractivity contribution in [1.82, 2.24) is 9.97 Å². The van der Waals surface area contributed by atoms with Gasteiger partial charge in [-0.25, -0.2) is 4.79 Å². The Morgan fingerprint density at radius 1 is 1.48 bits per heavy atom. The van der Waals surface area contributed by atoms with Crippen molar-refractivity contribution in [2.45, 2.75) is 54.5 Å². The summed E-state index contributed by atoms with van der Waals surface area (Å²) in [6, 6.07) is 0. The Balaban J connectivity index is 2.24. The van der Waals surface area contributed by atoms with Gasteiger partial charge in [0.1, 0.15) is 23.0 Å². The second-order valence-corrected chi connectivity index (χ2v) is 8.59. The lowest BCUT2D eigenvalue weighted by Gasteiger charge is -2.25. The zero-order chi connectivity index (χ0) is 15.8. The van der Waals surface area contributed by atoms with Crippen LogP contribution in [-0.2, 0) is 4.74 Å². The lowest BCUT2D eigenvalue weighted by molar-refractivity contribution is -0.00122. The molecule has 0 radical (unpaired) electrons. The summed E-state index contributed by atoms with van der Waals surface area (Å²) in [6.45, 7) is 4.15. The Labute approximate surface area is 141 Å². The quantitative estimate of drug-likeness (QED) is 0.333. The SMILES string of the molecule is CCC(C)(I)C[C@H]1O[C@@H](c2c[nH]c(=O)[nH]c2=S)[C@H](O)[C@@H]1O. The molecule has 6 nitrogen and oxygen atoms in total. The normalized spacial score (nSPS) is 32.0. The van der Waals surface area contributed by atoms with Gasteiger partial charge in [0.2, 0.25) is 0 Å². The maximum atomic E-state index is 11.2. The number of hydrogen-bond donors (Lipinski definition) is 4. The fraction of sp³-hybridized carbons (Fsp3) is 0.692. The smallest absolute Gasteiger partial charge is 0.323 e. The van der Waals surface area contributed by atoms with Crippen molar-refractivity contribution in [1.29, 1.82) is 0 Å². The summed E-state index contributed by atoms with van der Waals surface area (Å²) >= 11 is 7.42. The van der Waals surface area contributed by atoms with E-state index < -0.39 is 30.1 Å². The van der Waals surface area contributed by atoms with E-state index in [1.54, 1.807) is 0 Å². The number of hydrogen-bond acceptors (Lipinski definition) is 5. The molecule has 21 heavy (non-hydrogen) atoms. The average molecular weight is 426 g/mol. The van der Waals surface area contributed by atoms with Crippen molar-refractivity contribution in [3.05, 3.63) is 26.9 Å². The number of alkyl halides is 1. The number of aromatic amines is 2. The highest BCUT2D eigenvalue weighted by Crippen LogP contribution is 2.39. The number of aliphatic hydroxyl groups excluding tert-OH is 2. The van der Waals surface area contributed by atoms with Gasteiger partial charge in [0.25, 0.3) is 0 Å². The number of rotatable bonds is 4. The van der Waals surface area contributed by atoms with Gasteiger partial charge in [-0.3, -0.25) is 4.98 Å². The summed E-state index contributed by atoms with van der Waals surface area (Å²) in [4.78, 5) is 16.1. The number of aliphatic hydroxyl groups is 2. The molecule has 8 heteroatoms. The van der Waals surface area contributed by atoms with Crippen molar-refractivity contribution in [3.8, 4) is 0 Å². The molecule has 118 valence electrons. The Morgan fingerprint density at radius 2 is 2.14 bits per heavy atom. The number of H-pyrrole nitrogens is 2. The van der Waals surface area contributed by atoms with Crippen LogP contribution in [-0.4, -0.2) is 41.9 Å². The van der Waals surface area contributed by atoms with E-state index in [1.165, 1.54) is 6.20 Å². The third-order valence-corrected chi connectivity index (χ3v) is 5.42. The van der Waals surface area contributed by atoms with Gasteiger partial charge < -0.3 is 19.9 Å². The molecule has 4 N–H and O–H groups in total. The molecule has 5 atom stereocenters. The second kappa shape index (κ2) is 6.45. The Kier molecular flexibility index (Phi) is 5.24. The fourth-order valence-corrected chi connectivity index (χ4v) is 3.07. The van der Waals surface area contributed by atoms with E-state index in [-0.39, 0.29) is 8.06 Å². The number of aromatic nitrogens is 2. The van der Waals surface area contributed by atoms with Gasteiger partial charge in [-0.2, -0.15) is 0 Å². The third kappa shape index (κ3) is 3.73. The van der Waals surface area contributed by atoms with Crippen molar-refractivity contribution < 1.29 is 14.9 Å². The Hall–Kier alpha value is -0.290. The molecule has 1 unspecified atom stereocenters. The van der Waals surface area contributed by atoms with Crippen molar-refractivity contribution in [2.24, 2.45) is 0 Å². The fourth-order valence-electron chi connectivity index (χ4n) is 2.37. The van der Waals surface area contributed by atoms with Crippen molar-refractivity contribution >= 4 is 34.8 Å². The lowest BCUT2D eigenvalue weighted by atomic mass is 9.96. The molecule has 1 fully saturated rings. The Bertz CT molecular complexity index is 615. The zero-order valence-electron chi connectivity index (χ0n) is 11.8. The first-order valence-corrected chi connectivity index (χ1v) is 8.26. The first kappa shape index (κ1) is 17.1. The summed E-state index contributed by atoms with van der Waals surface area (Å²) in [5, 5.41) is 20.4. The highest BCUT2D eigenvalue weighted by Gasteiger charge is 2.45. The van der Waals surface area contributed by atoms with Gasteiger partial charge in [0, 0.05) is 15.2 Å². The van der Waals surface area contributed by atoms with E-state index in [2.05, 4.69) is 46.4 Å². The van der Waals surface area contributed by atoms with Crippen LogP contribution in [0.15, 0.2) is 11.0 Å². The highest BCUT2D eigenvalue weighted by atomic mass is 127. The molecule has 1 aliphatic heterocycles. The Morgan fingerprint density at radius 3 is 2.71 bits per heavy atom. The van der Waals surface area contributed by atoms with E-state index in [0.717, 1.165) is 6.42 Å². The standard InChI is InChI=1S/C13H19IN2O4S/c1-3-13(2,14)4-7-8(17)9(18)10(20-7)6-5-15-12(19)16-11(6)21/h5,7-10,17-18H,3-4H2,1-2H3,(H2,15,16,19,21)/t7-,8-,9-,10+,13?/m1/s1. The molecule has 1 aromatic rings. The minimum absolute atomic E-state index is 0.0219. The van der Waals surface area contributed by atoms with E-state index in [9.17, 15) is 15.0 Å². The van der Waals surface area contributed by atoms with Gasteiger partial charge in [0.05, 0.1) is 6.10 Å². The van der Waals surface area contributed by atoms with Gasteiger partial charge in [-0.1, -0.05) is 48.7 Å². The summed E-state index contributed by atoms with van der Waals surface area (Å²) in [5.74, 6) is 0. The summed E-state index contributed by atoms with van der Waals surface area (Å²) in [6.07, 6.45) is -0.272. The van der Waals surface area contributed by atoms with Gasteiger partial charge in [-0.15, -0.1) is 0 Å². The van der Waals surface area contributed by atoms with Gasteiger partial charge in [0.15, 0.2) is 0 Å². The first-order chi connectivity index (χ1) is 9.75. The third-order valence-electron chi connectivity index (χ3n) is 3.88. The first-order valence-electron chi connectivity index (χ1n) is 6.77. The molecule has 1 aromatic heterocycles. The lowest BCUT2D eigenvalue weighted by Crippen LogP contribution is -2.34. The second-order valence-electron chi connectivity index (χ2n) is 5.57. The van der Waals surface area contributed by atoms with E-state index in [1.807, 2.05) is 0 Å². The molecule has 0 spiro atoms. The molecule has 0 bridgehead atoms. The van der Waals surface area contributed by atoms with Crippen LogP contribution >= 0.6 is 34.8 Å². The summed E-state index contributed by atoms with van der Waals surface area (Å²) < 4.78 is 6.01. The van der Waals surface area contributed by atoms with Crippen LogP contribution in [0.25, 0.3) is 0 Å². The van der Waals surface area contributed by atoms with Crippen LogP contribution < -0.4 is 5.69 Å². The van der Waals surface area contributed by atoms with Crippen LogP contribution in [0.3, 0.4) is 0 Å². The molecule has 0 saturated carbocycles. The predicted molar refractivity (Wildman–Crippen MR) is 89.2 cm³/mol.